The molecule has 2 aromatic rings. The van der Waals surface area contributed by atoms with E-state index in [0.29, 0.717) is 23.8 Å². The Bertz CT molecular complexity index is 852. The molecule has 0 spiro atoms. The lowest BCUT2D eigenvalue weighted by Gasteiger charge is -2.11. The minimum Gasteiger partial charge on any atom is -0.307 e. The van der Waals surface area contributed by atoms with Crippen LogP contribution in [0.15, 0.2) is 41.4 Å². The van der Waals surface area contributed by atoms with Crippen LogP contribution in [0.25, 0.3) is 0 Å². The maximum absolute atomic E-state index is 12.4. The second-order valence-electron chi connectivity index (χ2n) is 6.67. The molecule has 1 saturated carbocycles. The number of amides is 1. The largest absolute Gasteiger partial charge is 0.307 e. The van der Waals surface area contributed by atoms with E-state index in [4.69, 9.17) is 0 Å². The fraction of sp³-hybridized carbons (Fsp3) is 0.412. The summed E-state index contributed by atoms with van der Waals surface area (Å²) >= 11 is 0. The molecular formula is C17H22N4O3S. The first-order valence-corrected chi connectivity index (χ1v) is 9.79. The summed E-state index contributed by atoms with van der Waals surface area (Å²) in [5.41, 5.74) is 0.391. The number of benzene rings is 1. The van der Waals surface area contributed by atoms with Crippen molar-refractivity contribution in [3.8, 4) is 0 Å². The van der Waals surface area contributed by atoms with Crippen LogP contribution in [0, 0.1) is 5.92 Å². The predicted molar refractivity (Wildman–Crippen MR) is 94.8 cm³/mol. The van der Waals surface area contributed by atoms with Gasteiger partial charge in [-0.1, -0.05) is 13.8 Å². The molecule has 1 amide bonds. The summed E-state index contributed by atoms with van der Waals surface area (Å²) in [7, 11) is -3.51. The molecule has 0 radical (unpaired) electrons. The summed E-state index contributed by atoms with van der Waals surface area (Å²) < 4.78 is 28.6. The first-order valence-electron chi connectivity index (χ1n) is 8.31. The van der Waals surface area contributed by atoms with E-state index >= 15 is 0 Å². The molecule has 1 aliphatic carbocycles. The Hall–Kier alpha value is -2.19. The van der Waals surface area contributed by atoms with E-state index in [1.165, 1.54) is 24.3 Å². The van der Waals surface area contributed by atoms with E-state index in [0.717, 1.165) is 12.8 Å². The number of aromatic nitrogens is 2. The zero-order valence-corrected chi connectivity index (χ0v) is 15.1. The zero-order chi connectivity index (χ0) is 18.0. The lowest BCUT2D eigenvalue weighted by Crippen LogP contribution is -2.25. The van der Waals surface area contributed by atoms with E-state index in [2.05, 4.69) is 29.0 Å². The molecule has 0 unspecified atom stereocenters. The minimum atomic E-state index is -3.51. The van der Waals surface area contributed by atoms with E-state index in [1.54, 1.807) is 16.9 Å². The molecule has 25 heavy (non-hydrogen) atoms. The van der Waals surface area contributed by atoms with Crippen LogP contribution in [0.1, 0.15) is 37.0 Å². The molecule has 0 bridgehead atoms. The molecule has 8 heteroatoms. The van der Waals surface area contributed by atoms with Crippen molar-refractivity contribution in [2.75, 3.05) is 5.32 Å². The summed E-state index contributed by atoms with van der Waals surface area (Å²) in [6, 6.07) is 7.71. The molecule has 0 saturated heterocycles. The zero-order valence-electron chi connectivity index (χ0n) is 14.3. The topological polar surface area (TPSA) is 93.1 Å². The van der Waals surface area contributed by atoms with Gasteiger partial charge in [-0.2, -0.15) is 5.10 Å². The van der Waals surface area contributed by atoms with Gasteiger partial charge in [-0.3, -0.25) is 4.79 Å². The molecule has 1 heterocycles. The average molecular weight is 362 g/mol. The van der Waals surface area contributed by atoms with Crippen molar-refractivity contribution >= 4 is 21.7 Å². The molecule has 2 N–H and O–H groups in total. The van der Waals surface area contributed by atoms with Crippen molar-refractivity contribution in [1.82, 2.24) is 14.5 Å². The second kappa shape index (κ2) is 6.97. The number of carbonyl (C=O) groups is 1. The Balaban J connectivity index is 1.70. The summed E-state index contributed by atoms with van der Waals surface area (Å²) in [4.78, 5) is 12.5. The van der Waals surface area contributed by atoms with E-state index in [9.17, 15) is 13.2 Å². The number of nitrogens with zero attached hydrogens (tertiary/aromatic N) is 2. The Kier molecular flexibility index (Phi) is 4.91. The van der Waals surface area contributed by atoms with Gasteiger partial charge in [-0.25, -0.2) is 17.8 Å². The summed E-state index contributed by atoms with van der Waals surface area (Å²) in [5.74, 6) is 0.717. The Morgan fingerprint density at radius 1 is 1.24 bits per heavy atom. The standard InChI is InChI=1S/C17H22N4O3S/c1-12(2)11-21-16(9-10-18-21)19-17(22)13-3-7-15(8-4-13)25(23,24)20-14-5-6-14/h3-4,7-10,12,14,20H,5-6,11H2,1-2H3,(H,19,22). The van der Waals surface area contributed by atoms with Gasteiger partial charge in [0.05, 0.1) is 11.1 Å². The first-order chi connectivity index (χ1) is 11.8. The SMILES string of the molecule is CC(C)Cn1nccc1NC(=O)c1ccc(S(=O)(=O)NC2CC2)cc1. The van der Waals surface area contributed by atoms with Crippen LogP contribution in [0.3, 0.4) is 0 Å². The highest BCUT2D eigenvalue weighted by Gasteiger charge is 2.28. The second-order valence-corrected chi connectivity index (χ2v) is 8.38. The van der Waals surface area contributed by atoms with Gasteiger partial charge in [-0.05, 0) is 43.0 Å². The lowest BCUT2D eigenvalue weighted by atomic mass is 10.2. The Morgan fingerprint density at radius 3 is 2.52 bits per heavy atom. The fourth-order valence-electron chi connectivity index (χ4n) is 2.39. The molecule has 3 rings (SSSR count). The van der Waals surface area contributed by atoms with Crippen LogP contribution >= 0.6 is 0 Å². The molecule has 1 aliphatic rings. The third-order valence-corrected chi connectivity index (χ3v) is 5.36. The molecule has 134 valence electrons. The number of sulfonamides is 1. The number of hydrogen-bond donors (Lipinski definition) is 2. The molecule has 7 nitrogen and oxygen atoms in total. The molecule has 1 fully saturated rings. The number of carbonyl (C=O) groups excluding carboxylic acids is 1. The van der Waals surface area contributed by atoms with Crippen molar-refractivity contribution in [2.24, 2.45) is 5.92 Å². The summed E-state index contributed by atoms with van der Waals surface area (Å²) in [6.45, 7) is 4.84. The van der Waals surface area contributed by atoms with E-state index in [-0.39, 0.29) is 16.8 Å². The monoisotopic (exact) mass is 362 g/mol. The minimum absolute atomic E-state index is 0.0502. The van der Waals surface area contributed by atoms with E-state index < -0.39 is 10.0 Å². The van der Waals surface area contributed by atoms with Crippen LogP contribution in [-0.4, -0.2) is 30.1 Å². The van der Waals surface area contributed by atoms with Crippen LogP contribution in [0.2, 0.25) is 0 Å². The van der Waals surface area contributed by atoms with Gasteiger partial charge in [0.1, 0.15) is 5.82 Å². The maximum atomic E-state index is 12.4. The van der Waals surface area contributed by atoms with Crippen LogP contribution in [0.4, 0.5) is 5.82 Å². The lowest BCUT2D eigenvalue weighted by molar-refractivity contribution is 0.102. The number of anilines is 1. The smallest absolute Gasteiger partial charge is 0.256 e. The highest BCUT2D eigenvalue weighted by Crippen LogP contribution is 2.22. The molecule has 1 aromatic carbocycles. The summed E-state index contributed by atoms with van der Waals surface area (Å²) in [5, 5.41) is 7.01. The number of nitrogens with one attached hydrogen (secondary N) is 2. The molecule has 0 atom stereocenters. The average Bonchev–Trinajstić information content (AvgIpc) is 3.26. The van der Waals surface area contributed by atoms with Gasteiger partial charge >= 0.3 is 0 Å². The highest BCUT2D eigenvalue weighted by molar-refractivity contribution is 7.89. The normalized spacial score (nSPS) is 14.7. The number of hydrogen-bond acceptors (Lipinski definition) is 4. The van der Waals surface area contributed by atoms with Crippen molar-refractivity contribution < 1.29 is 13.2 Å². The van der Waals surface area contributed by atoms with Gasteiger partial charge in [-0.15, -0.1) is 0 Å². The quantitative estimate of drug-likeness (QED) is 0.790. The predicted octanol–water partition coefficient (Wildman–Crippen LogP) is 2.23. The fourth-order valence-corrected chi connectivity index (χ4v) is 3.70. The van der Waals surface area contributed by atoms with Crippen molar-refractivity contribution in [3.05, 3.63) is 42.1 Å². The third-order valence-electron chi connectivity index (χ3n) is 3.82. The van der Waals surface area contributed by atoms with Crippen LogP contribution < -0.4 is 10.0 Å². The van der Waals surface area contributed by atoms with Crippen LogP contribution in [-0.2, 0) is 16.6 Å². The summed E-state index contributed by atoms with van der Waals surface area (Å²) in [6.07, 6.45) is 3.39. The molecule has 1 aromatic heterocycles. The van der Waals surface area contributed by atoms with Gasteiger partial charge in [0, 0.05) is 24.2 Å². The number of rotatable bonds is 7. The maximum Gasteiger partial charge on any atom is 0.256 e. The van der Waals surface area contributed by atoms with Gasteiger partial charge < -0.3 is 5.32 Å². The van der Waals surface area contributed by atoms with Gasteiger partial charge in [0.25, 0.3) is 5.91 Å². The van der Waals surface area contributed by atoms with Crippen molar-refractivity contribution in [3.63, 3.8) is 0 Å². The van der Waals surface area contributed by atoms with Gasteiger partial charge in [0.2, 0.25) is 10.0 Å². The highest BCUT2D eigenvalue weighted by atomic mass is 32.2. The third kappa shape index (κ3) is 4.46. The van der Waals surface area contributed by atoms with Gasteiger partial charge in [0.15, 0.2) is 0 Å². The Labute approximate surface area is 147 Å². The Morgan fingerprint density at radius 2 is 1.92 bits per heavy atom. The molecular weight excluding hydrogens is 340 g/mol. The van der Waals surface area contributed by atoms with E-state index in [1.807, 2.05) is 0 Å². The van der Waals surface area contributed by atoms with Crippen molar-refractivity contribution in [1.29, 1.82) is 0 Å². The first kappa shape index (κ1) is 17.6. The molecule has 0 aliphatic heterocycles. The van der Waals surface area contributed by atoms with Crippen molar-refractivity contribution in [2.45, 2.75) is 44.2 Å². The van der Waals surface area contributed by atoms with Crippen LogP contribution in [0.5, 0.6) is 0 Å².